The van der Waals surface area contributed by atoms with Crippen LogP contribution in [0.4, 0.5) is 5.69 Å². The minimum absolute atomic E-state index is 0.377. The molecule has 1 heterocycles. The molecule has 4 rings (SSSR count). The Bertz CT molecular complexity index is 1210. The molecule has 0 atom stereocenters. The number of ether oxygens (including phenoxy) is 2. The van der Waals surface area contributed by atoms with Gasteiger partial charge in [0.25, 0.3) is 0 Å². The van der Waals surface area contributed by atoms with E-state index in [-0.39, 0.29) is 5.60 Å². The number of hydrogen-bond donors (Lipinski definition) is 2. The molecule has 7 heteroatoms. The Hall–Kier alpha value is -3.09. The van der Waals surface area contributed by atoms with E-state index in [4.69, 9.17) is 33.3 Å². The smallest absolute Gasteiger partial charge is 0.191 e. The zero-order valence-electron chi connectivity index (χ0n) is 18.8. The molecule has 0 bridgehead atoms. The summed E-state index contributed by atoms with van der Waals surface area (Å²) in [6.07, 6.45) is 0.619. The molecular weight excluding hydrogens is 454 g/mol. The first-order valence-corrected chi connectivity index (χ1v) is 11.5. The van der Waals surface area contributed by atoms with E-state index >= 15 is 0 Å². The van der Waals surface area contributed by atoms with Crippen LogP contribution < -0.4 is 20.2 Å². The summed E-state index contributed by atoms with van der Waals surface area (Å²) in [5.41, 5.74) is 7.44. The van der Waals surface area contributed by atoms with Crippen molar-refractivity contribution in [3.05, 3.63) is 88.4 Å². The van der Waals surface area contributed by atoms with Gasteiger partial charge in [-0.3, -0.25) is 5.43 Å². The van der Waals surface area contributed by atoms with Crippen LogP contribution in [-0.2, 0) is 6.61 Å². The van der Waals surface area contributed by atoms with Gasteiger partial charge in [0, 0.05) is 22.7 Å². The van der Waals surface area contributed by atoms with Crippen LogP contribution in [0, 0.1) is 6.92 Å². The van der Waals surface area contributed by atoms with E-state index in [1.165, 1.54) is 5.56 Å². The number of rotatable bonds is 5. The lowest BCUT2D eigenvalue weighted by Gasteiger charge is -2.33. The number of hydrogen-bond acceptors (Lipinski definition) is 4. The Balaban J connectivity index is 1.52. The summed E-state index contributed by atoms with van der Waals surface area (Å²) in [6.45, 7) is 6.65. The van der Waals surface area contributed by atoms with E-state index in [1.54, 1.807) is 6.07 Å². The summed E-state index contributed by atoms with van der Waals surface area (Å²) in [6, 6.07) is 21.4. The molecule has 0 fully saturated rings. The number of thiocarbonyl (C=S) groups is 1. The maximum atomic E-state index is 6.17. The third-order valence-electron chi connectivity index (χ3n) is 5.27. The van der Waals surface area contributed by atoms with Gasteiger partial charge in [0.2, 0.25) is 0 Å². The lowest BCUT2D eigenvalue weighted by atomic mass is 9.92. The Kier molecular flexibility index (Phi) is 6.86. The number of nitrogens with one attached hydrogen (secondary N) is 2. The van der Waals surface area contributed by atoms with Crippen molar-refractivity contribution in [3.8, 4) is 11.5 Å². The predicted octanol–water partition coefficient (Wildman–Crippen LogP) is 6.48. The zero-order chi connectivity index (χ0) is 23.4. The highest BCUT2D eigenvalue weighted by Gasteiger charge is 2.31. The highest BCUT2D eigenvalue weighted by molar-refractivity contribution is 7.80. The summed E-state index contributed by atoms with van der Waals surface area (Å²) in [5.74, 6) is 1.52. The van der Waals surface area contributed by atoms with Crippen molar-refractivity contribution in [2.45, 2.75) is 39.4 Å². The summed E-state index contributed by atoms with van der Waals surface area (Å²) >= 11 is 11.5. The first kappa shape index (κ1) is 23.1. The highest BCUT2D eigenvalue weighted by atomic mass is 35.5. The lowest BCUT2D eigenvalue weighted by Crippen LogP contribution is -2.37. The van der Waals surface area contributed by atoms with Crippen LogP contribution in [0.2, 0.25) is 5.02 Å². The Morgan fingerprint density at radius 1 is 1.12 bits per heavy atom. The molecule has 33 heavy (non-hydrogen) atoms. The van der Waals surface area contributed by atoms with Crippen LogP contribution in [0.5, 0.6) is 11.5 Å². The van der Waals surface area contributed by atoms with Crippen molar-refractivity contribution < 1.29 is 9.47 Å². The van der Waals surface area contributed by atoms with Gasteiger partial charge in [0.15, 0.2) is 5.11 Å². The van der Waals surface area contributed by atoms with Gasteiger partial charge in [0.05, 0.1) is 5.71 Å². The normalized spacial score (nSPS) is 15.3. The minimum atomic E-state index is -0.390. The van der Waals surface area contributed by atoms with Crippen LogP contribution in [-0.4, -0.2) is 16.4 Å². The van der Waals surface area contributed by atoms with Crippen LogP contribution in [0.3, 0.4) is 0 Å². The second-order valence-corrected chi connectivity index (χ2v) is 9.39. The van der Waals surface area contributed by atoms with Gasteiger partial charge in [-0.15, -0.1) is 0 Å². The number of anilines is 1. The van der Waals surface area contributed by atoms with E-state index in [9.17, 15) is 0 Å². The summed E-state index contributed by atoms with van der Waals surface area (Å²) in [5, 5.41) is 8.71. The third kappa shape index (κ3) is 6.03. The predicted molar refractivity (Wildman–Crippen MR) is 139 cm³/mol. The minimum Gasteiger partial charge on any atom is -0.489 e. The molecule has 0 aliphatic carbocycles. The topological polar surface area (TPSA) is 54.9 Å². The van der Waals surface area contributed by atoms with Gasteiger partial charge in [-0.05, 0) is 80.5 Å². The van der Waals surface area contributed by atoms with Crippen molar-refractivity contribution in [2.24, 2.45) is 5.10 Å². The zero-order valence-corrected chi connectivity index (χ0v) is 20.4. The van der Waals surface area contributed by atoms with Gasteiger partial charge in [0.1, 0.15) is 23.7 Å². The number of hydrazone groups is 1. The molecule has 170 valence electrons. The standard InChI is InChI=1S/C26H26ClN3O2S/c1-17-7-4-5-8-18(17)16-31-21-11-12-24-22(14-21)23(15-26(2,3)32-24)29-30-25(33)28-20-10-6-9-19(27)13-20/h4-14H,15-16H2,1-3H3,(H2,28,30,33). The van der Waals surface area contributed by atoms with Crippen LogP contribution in [0.1, 0.15) is 37.0 Å². The molecule has 1 aliphatic heterocycles. The number of halogens is 1. The molecular formula is C26H26ClN3O2S. The van der Waals surface area contributed by atoms with Gasteiger partial charge >= 0.3 is 0 Å². The van der Waals surface area contributed by atoms with Crippen LogP contribution in [0.25, 0.3) is 0 Å². The molecule has 5 nitrogen and oxygen atoms in total. The van der Waals surface area contributed by atoms with Crippen molar-refractivity contribution >= 4 is 40.3 Å². The average Bonchev–Trinajstić information content (AvgIpc) is 2.76. The molecule has 0 amide bonds. The highest BCUT2D eigenvalue weighted by Crippen LogP contribution is 2.35. The maximum Gasteiger partial charge on any atom is 0.191 e. The molecule has 1 aliphatic rings. The fraction of sp³-hybridized carbons (Fsp3) is 0.231. The largest absolute Gasteiger partial charge is 0.489 e. The van der Waals surface area contributed by atoms with Gasteiger partial charge < -0.3 is 14.8 Å². The number of benzene rings is 3. The molecule has 3 aromatic carbocycles. The second-order valence-electron chi connectivity index (χ2n) is 8.55. The van der Waals surface area contributed by atoms with Crippen molar-refractivity contribution in [2.75, 3.05) is 5.32 Å². The monoisotopic (exact) mass is 479 g/mol. The first-order chi connectivity index (χ1) is 15.8. The number of aryl methyl sites for hydroxylation is 1. The number of nitrogens with zero attached hydrogens (tertiary/aromatic N) is 1. The summed E-state index contributed by atoms with van der Waals surface area (Å²) < 4.78 is 12.2. The van der Waals surface area contributed by atoms with Gasteiger partial charge in [-0.25, -0.2) is 0 Å². The van der Waals surface area contributed by atoms with E-state index < -0.39 is 0 Å². The quantitative estimate of drug-likeness (QED) is 0.324. The molecule has 2 N–H and O–H groups in total. The van der Waals surface area contributed by atoms with Gasteiger partial charge in [-0.1, -0.05) is 41.9 Å². The fourth-order valence-corrected chi connectivity index (χ4v) is 3.98. The molecule has 0 saturated heterocycles. The van der Waals surface area contributed by atoms with E-state index in [2.05, 4.69) is 34.9 Å². The molecule has 0 saturated carbocycles. The second kappa shape index (κ2) is 9.81. The SMILES string of the molecule is Cc1ccccc1COc1ccc2c(c1)C(=NNC(=S)Nc1cccc(Cl)c1)CC(C)(C)O2. The van der Waals surface area contributed by atoms with E-state index in [0.29, 0.717) is 23.2 Å². The van der Waals surface area contributed by atoms with Gasteiger partial charge in [-0.2, -0.15) is 5.10 Å². The summed E-state index contributed by atoms with van der Waals surface area (Å²) in [7, 11) is 0. The maximum absolute atomic E-state index is 6.17. The summed E-state index contributed by atoms with van der Waals surface area (Å²) in [4.78, 5) is 0. The molecule has 0 spiro atoms. The average molecular weight is 480 g/mol. The third-order valence-corrected chi connectivity index (χ3v) is 5.70. The molecule has 0 aromatic heterocycles. The molecule has 3 aromatic rings. The van der Waals surface area contributed by atoms with Crippen molar-refractivity contribution in [1.29, 1.82) is 0 Å². The van der Waals surface area contributed by atoms with Crippen LogP contribution >= 0.6 is 23.8 Å². The van der Waals surface area contributed by atoms with E-state index in [1.807, 2.05) is 62.4 Å². The van der Waals surface area contributed by atoms with Crippen LogP contribution in [0.15, 0.2) is 71.8 Å². The molecule has 0 radical (unpaired) electrons. The van der Waals surface area contributed by atoms with E-state index in [0.717, 1.165) is 34.0 Å². The lowest BCUT2D eigenvalue weighted by molar-refractivity contribution is 0.111. The fourth-order valence-electron chi connectivity index (χ4n) is 3.62. The Morgan fingerprint density at radius 2 is 1.94 bits per heavy atom. The van der Waals surface area contributed by atoms with Crippen molar-refractivity contribution in [3.63, 3.8) is 0 Å². The Morgan fingerprint density at radius 3 is 2.73 bits per heavy atom. The van der Waals surface area contributed by atoms with Crippen molar-refractivity contribution in [1.82, 2.24) is 5.43 Å². The molecule has 0 unspecified atom stereocenters. The Labute approximate surface area is 204 Å². The first-order valence-electron chi connectivity index (χ1n) is 10.7. The number of fused-ring (bicyclic) bond motifs is 1.